The second kappa shape index (κ2) is 7.84. The molecule has 1 aromatic carbocycles. The summed E-state index contributed by atoms with van der Waals surface area (Å²) < 4.78 is 35.0. The smallest absolute Gasteiger partial charge is 0.227 e. The highest BCUT2D eigenvalue weighted by molar-refractivity contribution is 9.10. The molecule has 1 atom stereocenters. The van der Waals surface area contributed by atoms with Crippen molar-refractivity contribution in [1.29, 1.82) is 0 Å². The standard InChI is InChI=1S/C18H20BrNO5S/c1-24-15-4-2-13(3-5-15)10-18(21)20(11-16-6-7-17(19)25-16)14-8-9-26(22,23)12-14/h2-7,14H,8-12H2,1H3. The lowest BCUT2D eigenvalue weighted by molar-refractivity contribution is -0.133. The molecule has 0 saturated carbocycles. The van der Waals surface area contributed by atoms with E-state index in [1.54, 1.807) is 36.3 Å². The first-order chi connectivity index (χ1) is 12.4. The van der Waals surface area contributed by atoms with Crippen molar-refractivity contribution in [2.24, 2.45) is 0 Å². The monoisotopic (exact) mass is 441 g/mol. The molecule has 1 aromatic heterocycles. The molecule has 6 nitrogen and oxygen atoms in total. The molecule has 140 valence electrons. The van der Waals surface area contributed by atoms with Crippen LogP contribution in [-0.4, -0.2) is 43.9 Å². The Labute approximate surface area is 161 Å². The summed E-state index contributed by atoms with van der Waals surface area (Å²) in [6.07, 6.45) is 0.654. The molecule has 2 aromatic rings. The van der Waals surface area contributed by atoms with Crippen LogP contribution in [0.25, 0.3) is 0 Å². The number of methoxy groups -OCH3 is 1. The summed E-state index contributed by atoms with van der Waals surface area (Å²) in [5.41, 5.74) is 0.849. The number of ether oxygens (including phenoxy) is 1. The molecule has 1 fully saturated rings. The third-order valence-electron chi connectivity index (χ3n) is 4.44. The Bertz CT molecular complexity index is 875. The van der Waals surface area contributed by atoms with Gasteiger partial charge in [-0.25, -0.2) is 8.42 Å². The van der Waals surface area contributed by atoms with Gasteiger partial charge in [0, 0.05) is 6.04 Å². The van der Waals surface area contributed by atoms with Crippen molar-refractivity contribution in [3.63, 3.8) is 0 Å². The molecule has 26 heavy (non-hydrogen) atoms. The van der Waals surface area contributed by atoms with Crippen LogP contribution in [0.2, 0.25) is 0 Å². The number of furan rings is 1. The molecule has 0 spiro atoms. The Morgan fingerprint density at radius 3 is 2.54 bits per heavy atom. The predicted molar refractivity (Wildman–Crippen MR) is 101 cm³/mol. The zero-order chi connectivity index (χ0) is 18.7. The van der Waals surface area contributed by atoms with Crippen LogP contribution in [0.5, 0.6) is 5.75 Å². The Kier molecular flexibility index (Phi) is 5.72. The molecule has 1 aliphatic heterocycles. The summed E-state index contributed by atoms with van der Waals surface area (Å²) in [6, 6.07) is 10.5. The van der Waals surface area contributed by atoms with E-state index in [1.165, 1.54) is 0 Å². The average Bonchev–Trinajstić information content (AvgIpc) is 3.18. The highest BCUT2D eigenvalue weighted by Gasteiger charge is 2.35. The molecule has 0 aliphatic carbocycles. The molecule has 1 unspecified atom stereocenters. The lowest BCUT2D eigenvalue weighted by Crippen LogP contribution is -2.41. The second-order valence-corrected chi connectivity index (χ2v) is 9.32. The quantitative estimate of drug-likeness (QED) is 0.688. The van der Waals surface area contributed by atoms with Crippen molar-refractivity contribution >= 4 is 31.7 Å². The molecule has 0 N–H and O–H groups in total. The Morgan fingerprint density at radius 1 is 1.27 bits per heavy atom. The molecular formula is C18H20BrNO5S. The van der Waals surface area contributed by atoms with Gasteiger partial charge in [-0.15, -0.1) is 0 Å². The predicted octanol–water partition coefficient (Wildman–Crippen LogP) is 2.81. The van der Waals surface area contributed by atoms with Crippen molar-refractivity contribution in [3.8, 4) is 5.75 Å². The van der Waals surface area contributed by atoms with Crippen LogP contribution in [-0.2, 0) is 27.6 Å². The minimum Gasteiger partial charge on any atom is -0.497 e. The average molecular weight is 442 g/mol. The lowest BCUT2D eigenvalue weighted by Gasteiger charge is -2.27. The number of carbonyl (C=O) groups excluding carboxylic acids is 1. The number of sulfone groups is 1. The largest absolute Gasteiger partial charge is 0.497 e. The van der Waals surface area contributed by atoms with Gasteiger partial charge in [0.05, 0.1) is 31.6 Å². The summed E-state index contributed by atoms with van der Waals surface area (Å²) in [5, 5.41) is 0. The molecule has 0 bridgehead atoms. The van der Waals surface area contributed by atoms with Crippen molar-refractivity contribution in [3.05, 3.63) is 52.4 Å². The fourth-order valence-corrected chi connectivity index (χ4v) is 5.14. The van der Waals surface area contributed by atoms with Gasteiger partial charge in [0.15, 0.2) is 14.5 Å². The molecule has 1 saturated heterocycles. The molecule has 8 heteroatoms. The maximum atomic E-state index is 12.9. The fraction of sp³-hybridized carbons (Fsp3) is 0.389. The van der Waals surface area contributed by atoms with E-state index in [0.29, 0.717) is 16.9 Å². The first-order valence-electron chi connectivity index (χ1n) is 8.23. The normalized spacial score (nSPS) is 18.6. The summed E-state index contributed by atoms with van der Waals surface area (Å²) in [4.78, 5) is 14.5. The number of nitrogens with zero attached hydrogens (tertiary/aromatic N) is 1. The summed E-state index contributed by atoms with van der Waals surface area (Å²) in [6.45, 7) is 0.251. The Morgan fingerprint density at radius 2 is 2.00 bits per heavy atom. The highest BCUT2D eigenvalue weighted by Crippen LogP contribution is 2.23. The third-order valence-corrected chi connectivity index (χ3v) is 6.62. The van der Waals surface area contributed by atoms with Crippen LogP contribution in [0.1, 0.15) is 17.7 Å². The Hall–Kier alpha value is -1.80. The van der Waals surface area contributed by atoms with Gasteiger partial charge >= 0.3 is 0 Å². The van der Waals surface area contributed by atoms with E-state index in [2.05, 4.69) is 15.9 Å². The topological polar surface area (TPSA) is 76.8 Å². The first-order valence-corrected chi connectivity index (χ1v) is 10.8. The molecule has 3 rings (SSSR count). The number of benzene rings is 1. The zero-order valence-electron chi connectivity index (χ0n) is 14.4. The SMILES string of the molecule is COc1ccc(CC(=O)N(Cc2ccc(Br)o2)C2CCS(=O)(=O)C2)cc1. The van der Waals surface area contributed by atoms with Crippen LogP contribution >= 0.6 is 15.9 Å². The second-order valence-electron chi connectivity index (χ2n) is 6.31. The minimum absolute atomic E-state index is 0.00321. The van der Waals surface area contributed by atoms with Crippen LogP contribution < -0.4 is 4.74 Å². The maximum Gasteiger partial charge on any atom is 0.227 e. The summed E-state index contributed by atoms with van der Waals surface area (Å²) in [7, 11) is -1.51. The van der Waals surface area contributed by atoms with E-state index in [0.717, 1.165) is 11.3 Å². The van der Waals surface area contributed by atoms with Gasteiger partial charge < -0.3 is 14.1 Å². The van der Waals surface area contributed by atoms with Crippen LogP contribution in [0.3, 0.4) is 0 Å². The van der Waals surface area contributed by atoms with E-state index in [-0.39, 0.29) is 36.4 Å². The summed E-state index contributed by atoms with van der Waals surface area (Å²) in [5.74, 6) is 1.34. The number of hydrogen-bond acceptors (Lipinski definition) is 5. The zero-order valence-corrected chi connectivity index (χ0v) is 16.8. The van der Waals surface area contributed by atoms with Gasteiger partial charge in [0.25, 0.3) is 0 Å². The summed E-state index contributed by atoms with van der Waals surface area (Å²) >= 11 is 3.25. The highest BCUT2D eigenvalue weighted by atomic mass is 79.9. The molecule has 1 aliphatic rings. The molecule has 0 radical (unpaired) electrons. The van der Waals surface area contributed by atoms with Gasteiger partial charge in [0.2, 0.25) is 5.91 Å². The Balaban J connectivity index is 1.77. The van der Waals surface area contributed by atoms with Crippen molar-refractivity contribution < 1.29 is 22.4 Å². The van der Waals surface area contributed by atoms with E-state index < -0.39 is 9.84 Å². The van der Waals surface area contributed by atoms with E-state index in [4.69, 9.17) is 9.15 Å². The van der Waals surface area contributed by atoms with E-state index in [1.807, 2.05) is 12.1 Å². The molecule has 2 heterocycles. The van der Waals surface area contributed by atoms with Gasteiger partial charge in [-0.3, -0.25) is 4.79 Å². The lowest BCUT2D eigenvalue weighted by atomic mass is 10.1. The van der Waals surface area contributed by atoms with Gasteiger partial charge in [-0.1, -0.05) is 12.1 Å². The number of rotatable bonds is 6. The first kappa shape index (κ1) is 19.0. The van der Waals surface area contributed by atoms with Gasteiger partial charge in [0.1, 0.15) is 11.5 Å². The number of halogens is 1. The van der Waals surface area contributed by atoms with Crippen molar-refractivity contribution in [2.75, 3.05) is 18.6 Å². The van der Waals surface area contributed by atoms with Crippen LogP contribution in [0.15, 0.2) is 45.5 Å². The molecular weight excluding hydrogens is 422 g/mol. The third kappa shape index (κ3) is 4.67. The van der Waals surface area contributed by atoms with Crippen LogP contribution in [0, 0.1) is 0 Å². The van der Waals surface area contributed by atoms with Crippen molar-refractivity contribution in [2.45, 2.75) is 25.4 Å². The van der Waals surface area contributed by atoms with Gasteiger partial charge in [-0.05, 0) is 52.2 Å². The molecule has 1 amide bonds. The van der Waals surface area contributed by atoms with Crippen molar-refractivity contribution in [1.82, 2.24) is 4.90 Å². The van der Waals surface area contributed by atoms with E-state index >= 15 is 0 Å². The van der Waals surface area contributed by atoms with Crippen LogP contribution in [0.4, 0.5) is 0 Å². The maximum absolute atomic E-state index is 12.9. The minimum atomic E-state index is -3.09. The number of carbonyl (C=O) groups is 1. The number of amides is 1. The van der Waals surface area contributed by atoms with Gasteiger partial charge in [-0.2, -0.15) is 0 Å². The van der Waals surface area contributed by atoms with E-state index in [9.17, 15) is 13.2 Å². The number of hydrogen-bond donors (Lipinski definition) is 0. The fourth-order valence-electron chi connectivity index (χ4n) is 3.07.